The zero-order valence-electron chi connectivity index (χ0n) is 5.13. The van der Waals surface area contributed by atoms with Crippen LogP contribution in [0.1, 0.15) is 6.92 Å². The highest BCUT2D eigenvalue weighted by molar-refractivity contribution is 5.66. The molecule has 0 aromatic heterocycles. The Labute approximate surface area is 53.3 Å². The number of hydrogen-bond donors (Lipinski definition) is 1. The molecule has 3 nitrogen and oxygen atoms in total. The van der Waals surface area contributed by atoms with Gasteiger partial charge in [-0.05, 0) is 6.08 Å². The van der Waals surface area contributed by atoms with E-state index in [9.17, 15) is 4.79 Å². The number of hydrogen-bond acceptors (Lipinski definition) is 3. The Bertz CT molecular complexity index is 146. The summed E-state index contributed by atoms with van der Waals surface area (Å²) in [5.41, 5.74) is 0. The van der Waals surface area contributed by atoms with E-state index in [1.807, 2.05) is 0 Å². The topological polar surface area (TPSA) is 46.5 Å². The minimum absolute atomic E-state index is 0.162. The Hall–Kier alpha value is -1.25. The molecule has 0 radical (unpaired) electrons. The van der Waals surface area contributed by atoms with Crippen LogP contribution in [0.2, 0.25) is 0 Å². The molecule has 0 atom stereocenters. The van der Waals surface area contributed by atoms with E-state index in [-0.39, 0.29) is 5.76 Å². The molecular weight excluding hydrogens is 120 g/mol. The van der Waals surface area contributed by atoms with E-state index in [0.717, 1.165) is 6.26 Å². The molecule has 3 heteroatoms. The number of aliphatic hydroxyl groups excluding tert-OH is 1. The molecule has 0 aromatic rings. The van der Waals surface area contributed by atoms with Crippen molar-refractivity contribution in [2.75, 3.05) is 0 Å². The van der Waals surface area contributed by atoms with E-state index < -0.39 is 5.97 Å². The molecule has 0 unspecified atom stereocenters. The number of rotatable bonds is 2. The number of carbonyl (C=O) groups is 1. The van der Waals surface area contributed by atoms with Crippen LogP contribution < -0.4 is 0 Å². The molecule has 0 saturated heterocycles. The number of allylic oxidation sites excluding steroid dienone is 1. The Morgan fingerprint density at radius 2 is 2.33 bits per heavy atom. The maximum Gasteiger partial charge on any atom is 0.307 e. The van der Waals surface area contributed by atoms with Gasteiger partial charge in [-0.25, -0.2) is 0 Å². The van der Waals surface area contributed by atoms with Gasteiger partial charge in [-0.2, -0.15) is 0 Å². The predicted octanol–water partition coefficient (Wildman–Crippen LogP) is 1.13. The molecule has 0 aliphatic heterocycles. The van der Waals surface area contributed by atoms with Gasteiger partial charge in [0, 0.05) is 6.92 Å². The zero-order valence-corrected chi connectivity index (χ0v) is 5.13. The highest BCUT2D eigenvalue weighted by Gasteiger charge is 1.87. The van der Waals surface area contributed by atoms with Gasteiger partial charge in [0.25, 0.3) is 0 Å². The quantitative estimate of drug-likeness (QED) is 0.344. The van der Waals surface area contributed by atoms with Gasteiger partial charge in [0.1, 0.15) is 12.0 Å². The molecule has 0 amide bonds. The fourth-order valence-corrected chi connectivity index (χ4v) is 0.191. The number of esters is 1. The van der Waals surface area contributed by atoms with Gasteiger partial charge >= 0.3 is 5.97 Å². The molecule has 0 fully saturated rings. The first-order chi connectivity index (χ1) is 4.16. The third kappa shape index (κ3) is 4.61. The Kier molecular flexibility index (Phi) is 3.20. The second-order valence-electron chi connectivity index (χ2n) is 1.36. The standard InChI is InChI=1S/C6H8O3/c1-3-6(8)4-9-5(2)7/h3-4,8H,1H2,2H3/b6-4-. The van der Waals surface area contributed by atoms with Gasteiger partial charge < -0.3 is 9.84 Å². The first kappa shape index (κ1) is 7.75. The third-order valence-electron chi connectivity index (χ3n) is 0.555. The fraction of sp³-hybridized carbons (Fsp3) is 0.167. The van der Waals surface area contributed by atoms with Crippen molar-refractivity contribution in [1.82, 2.24) is 0 Å². The van der Waals surface area contributed by atoms with Crippen molar-refractivity contribution < 1.29 is 14.6 Å². The summed E-state index contributed by atoms with van der Waals surface area (Å²) in [6.07, 6.45) is 2.10. The zero-order chi connectivity index (χ0) is 7.28. The molecule has 0 aliphatic carbocycles. The minimum atomic E-state index is -0.469. The van der Waals surface area contributed by atoms with Crippen LogP contribution in [0.3, 0.4) is 0 Å². The molecule has 50 valence electrons. The highest BCUT2D eigenvalue weighted by atomic mass is 16.5. The smallest absolute Gasteiger partial charge is 0.307 e. The van der Waals surface area contributed by atoms with Crippen LogP contribution in [0.4, 0.5) is 0 Å². The van der Waals surface area contributed by atoms with E-state index in [2.05, 4.69) is 11.3 Å². The summed E-state index contributed by atoms with van der Waals surface area (Å²) >= 11 is 0. The largest absolute Gasteiger partial charge is 0.505 e. The van der Waals surface area contributed by atoms with E-state index in [1.54, 1.807) is 0 Å². The molecule has 0 rings (SSSR count). The van der Waals surface area contributed by atoms with E-state index in [1.165, 1.54) is 13.0 Å². The lowest BCUT2D eigenvalue weighted by atomic mass is 10.5. The van der Waals surface area contributed by atoms with Crippen LogP contribution in [0.5, 0.6) is 0 Å². The van der Waals surface area contributed by atoms with Crippen molar-refractivity contribution in [2.24, 2.45) is 0 Å². The molecular formula is C6H8O3. The number of aliphatic hydroxyl groups is 1. The molecule has 1 N–H and O–H groups in total. The van der Waals surface area contributed by atoms with Crippen molar-refractivity contribution in [2.45, 2.75) is 6.92 Å². The van der Waals surface area contributed by atoms with Crippen molar-refractivity contribution in [3.05, 3.63) is 24.7 Å². The maximum absolute atomic E-state index is 10.1. The molecule has 0 spiro atoms. The van der Waals surface area contributed by atoms with Gasteiger partial charge in [0.15, 0.2) is 0 Å². The van der Waals surface area contributed by atoms with Crippen LogP contribution in [-0.2, 0) is 9.53 Å². The van der Waals surface area contributed by atoms with Gasteiger partial charge in [0.05, 0.1) is 0 Å². The third-order valence-corrected chi connectivity index (χ3v) is 0.555. The van der Waals surface area contributed by atoms with Crippen molar-refractivity contribution >= 4 is 5.97 Å². The normalized spacial score (nSPS) is 10.6. The summed E-state index contributed by atoms with van der Waals surface area (Å²) in [5, 5.41) is 8.57. The second-order valence-corrected chi connectivity index (χ2v) is 1.36. The van der Waals surface area contributed by atoms with E-state index in [0.29, 0.717) is 0 Å². The summed E-state index contributed by atoms with van der Waals surface area (Å²) in [7, 11) is 0. The van der Waals surface area contributed by atoms with Gasteiger partial charge in [-0.1, -0.05) is 6.58 Å². The van der Waals surface area contributed by atoms with Crippen LogP contribution in [-0.4, -0.2) is 11.1 Å². The van der Waals surface area contributed by atoms with Gasteiger partial charge in [-0.3, -0.25) is 4.79 Å². The Balaban J connectivity index is 3.69. The monoisotopic (exact) mass is 128 g/mol. The SMILES string of the molecule is C=C/C(O)=C/OC(C)=O. The molecule has 0 bridgehead atoms. The Morgan fingerprint density at radius 3 is 2.67 bits per heavy atom. The first-order valence-electron chi connectivity index (χ1n) is 2.35. The summed E-state index contributed by atoms with van der Waals surface area (Å²) in [4.78, 5) is 10.1. The second kappa shape index (κ2) is 3.72. The summed E-state index contributed by atoms with van der Waals surface area (Å²) in [6, 6.07) is 0. The number of carbonyl (C=O) groups excluding carboxylic acids is 1. The fourth-order valence-electron chi connectivity index (χ4n) is 0.191. The summed E-state index contributed by atoms with van der Waals surface area (Å²) in [5.74, 6) is -0.631. The minimum Gasteiger partial charge on any atom is -0.505 e. The van der Waals surface area contributed by atoms with Crippen molar-refractivity contribution in [3.63, 3.8) is 0 Å². The highest BCUT2D eigenvalue weighted by Crippen LogP contribution is 1.88. The van der Waals surface area contributed by atoms with Crippen LogP contribution in [0, 0.1) is 0 Å². The molecule has 0 saturated carbocycles. The lowest BCUT2D eigenvalue weighted by Crippen LogP contribution is -1.90. The molecule has 0 heterocycles. The number of ether oxygens (including phenoxy) is 1. The van der Waals surface area contributed by atoms with Crippen LogP contribution >= 0.6 is 0 Å². The van der Waals surface area contributed by atoms with Crippen LogP contribution in [0.25, 0.3) is 0 Å². The Morgan fingerprint density at radius 1 is 1.78 bits per heavy atom. The molecule has 0 aliphatic rings. The lowest BCUT2D eigenvalue weighted by molar-refractivity contribution is -0.135. The van der Waals surface area contributed by atoms with Crippen molar-refractivity contribution in [1.29, 1.82) is 0 Å². The van der Waals surface area contributed by atoms with Gasteiger partial charge in [-0.15, -0.1) is 0 Å². The van der Waals surface area contributed by atoms with Gasteiger partial charge in [0.2, 0.25) is 0 Å². The lowest BCUT2D eigenvalue weighted by Gasteiger charge is -1.90. The average Bonchev–Trinajstić information content (AvgIpc) is 1.83. The first-order valence-corrected chi connectivity index (χ1v) is 2.35. The predicted molar refractivity (Wildman–Crippen MR) is 32.7 cm³/mol. The molecule has 9 heavy (non-hydrogen) atoms. The maximum atomic E-state index is 10.1. The van der Waals surface area contributed by atoms with E-state index >= 15 is 0 Å². The average molecular weight is 128 g/mol. The summed E-state index contributed by atoms with van der Waals surface area (Å²) < 4.78 is 4.27. The van der Waals surface area contributed by atoms with Crippen LogP contribution in [0.15, 0.2) is 24.7 Å². The summed E-state index contributed by atoms with van der Waals surface area (Å²) in [6.45, 7) is 4.47. The van der Waals surface area contributed by atoms with Crippen molar-refractivity contribution in [3.8, 4) is 0 Å². The molecule has 0 aromatic carbocycles. The van der Waals surface area contributed by atoms with E-state index in [4.69, 9.17) is 5.11 Å².